The van der Waals surface area contributed by atoms with E-state index in [1.165, 1.54) is 42.8 Å². The van der Waals surface area contributed by atoms with Gasteiger partial charge in [0.1, 0.15) is 0 Å². The molecule has 16 heavy (non-hydrogen) atoms. The Kier molecular flexibility index (Phi) is 4.42. The van der Waals surface area contributed by atoms with E-state index in [2.05, 4.69) is 40.1 Å². The highest BCUT2D eigenvalue weighted by Gasteiger charge is 2.28. The van der Waals surface area contributed by atoms with Crippen molar-refractivity contribution in [2.45, 2.75) is 50.8 Å². The Balaban J connectivity index is 1.96. The van der Waals surface area contributed by atoms with Crippen LogP contribution in [0.4, 0.5) is 0 Å². The van der Waals surface area contributed by atoms with Gasteiger partial charge in [0.15, 0.2) is 0 Å². The normalized spacial score (nSPS) is 30.6. The number of hydrogen-bond donors (Lipinski definition) is 0. The monoisotopic (exact) mass is 301 g/mol. The number of aryl methyl sites for hydroxylation is 1. The molecule has 90 valence electrons. The van der Waals surface area contributed by atoms with Crippen LogP contribution in [0.5, 0.6) is 0 Å². The first-order chi connectivity index (χ1) is 7.69. The van der Waals surface area contributed by atoms with E-state index in [4.69, 9.17) is 0 Å². The van der Waals surface area contributed by atoms with Crippen molar-refractivity contribution >= 4 is 27.3 Å². The first kappa shape index (κ1) is 12.6. The topological polar surface area (TPSA) is 12.9 Å². The van der Waals surface area contributed by atoms with Crippen molar-refractivity contribution in [1.29, 1.82) is 0 Å². The van der Waals surface area contributed by atoms with Gasteiger partial charge in [-0.05, 0) is 38.0 Å². The molecule has 1 saturated carbocycles. The second-order valence-electron chi connectivity index (χ2n) is 4.95. The van der Waals surface area contributed by atoms with Crippen LogP contribution in [0.1, 0.15) is 43.3 Å². The third-order valence-corrected chi connectivity index (χ3v) is 5.87. The predicted molar refractivity (Wildman–Crippen MR) is 74.4 cm³/mol. The molecule has 0 aromatic carbocycles. The van der Waals surface area contributed by atoms with Crippen molar-refractivity contribution in [2.75, 3.05) is 0 Å². The van der Waals surface area contributed by atoms with Gasteiger partial charge in [-0.2, -0.15) is 0 Å². The molecule has 0 aliphatic heterocycles. The SMILES string of the molecule is CCC1CCC(Br)C(Cc2nc(C)cs2)C1. The molecule has 0 saturated heterocycles. The smallest absolute Gasteiger partial charge is 0.0931 e. The van der Waals surface area contributed by atoms with Gasteiger partial charge in [0.2, 0.25) is 0 Å². The second-order valence-corrected chi connectivity index (χ2v) is 7.07. The summed E-state index contributed by atoms with van der Waals surface area (Å²) < 4.78 is 0. The third-order valence-electron chi connectivity index (χ3n) is 3.68. The van der Waals surface area contributed by atoms with Crippen LogP contribution >= 0.6 is 27.3 Å². The highest BCUT2D eigenvalue weighted by Crippen LogP contribution is 2.37. The zero-order valence-corrected chi connectivity index (χ0v) is 12.5. The van der Waals surface area contributed by atoms with Gasteiger partial charge >= 0.3 is 0 Å². The first-order valence-electron chi connectivity index (χ1n) is 6.24. The second kappa shape index (κ2) is 5.63. The fraction of sp³-hybridized carbons (Fsp3) is 0.769. The number of alkyl halides is 1. The molecule has 0 N–H and O–H groups in total. The van der Waals surface area contributed by atoms with Gasteiger partial charge in [-0.15, -0.1) is 11.3 Å². The molecule has 1 aliphatic carbocycles. The summed E-state index contributed by atoms with van der Waals surface area (Å²) in [7, 11) is 0. The Morgan fingerprint density at radius 3 is 2.94 bits per heavy atom. The van der Waals surface area contributed by atoms with Crippen LogP contribution in [0.2, 0.25) is 0 Å². The van der Waals surface area contributed by atoms with Crippen LogP contribution in [0.3, 0.4) is 0 Å². The Bertz CT molecular complexity index is 336. The van der Waals surface area contributed by atoms with Crippen LogP contribution in [0.25, 0.3) is 0 Å². The highest BCUT2D eigenvalue weighted by molar-refractivity contribution is 9.09. The molecule has 1 aliphatic rings. The van der Waals surface area contributed by atoms with Crippen LogP contribution in [0.15, 0.2) is 5.38 Å². The molecule has 0 radical (unpaired) electrons. The summed E-state index contributed by atoms with van der Waals surface area (Å²) in [6.07, 6.45) is 6.64. The first-order valence-corrected chi connectivity index (χ1v) is 8.03. The standard InChI is InChI=1S/C13H20BrNS/c1-3-10-4-5-12(14)11(6-10)7-13-15-9(2)8-16-13/h8,10-12H,3-7H2,1-2H3. The molecule has 1 nitrogen and oxygen atoms in total. The molecule has 3 heteroatoms. The average Bonchev–Trinajstić information content (AvgIpc) is 2.67. The van der Waals surface area contributed by atoms with Crippen molar-refractivity contribution in [3.8, 4) is 0 Å². The lowest BCUT2D eigenvalue weighted by Gasteiger charge is -2.32. The number of aromatic nitrogens is 1. The van der Waals surface area contributed by atoms with E-state index < -0.39 is 0 Å². The summed E-state index contributed by atoms with van der Waals surface area (Å²) in [5.41, 5.74) is 1.17. The lowest BCUT2D eigenvalue weighted by Crippen LogP contribution is -2.26. The summed E-state index contributed by atoms with van der Waals surface area (Å²) in [5.74, 6) is 1.74. The Morgan fingerprint density at radius 2 is 2.31 bits per heavy atom. The number of hydrogen-bond acceptors (Lipinski definition) is 2. The lowest BCUT2D eigenvalue weighted by atomic mass is 9.79. The molecule has 0 amide bonds. The van der Waals surface area contributed by atoms with E-state index in [1.54, 1.807) is 0 Å². The molecular formula is C13H20BrNS. The molecule has 1 fully saturated rings. The van der Waals surface area contributed by atoms with Crippen LogP contribution < -0.4 is 0 Å². The minimum atomic E-state index is 0.708. The maximum absolute atomic E-state index is 4.59. The van der Waals surface area contributed by atoms with Crippen molar-refractivity contribution in [2.24, 2.45) is 11.8 Å². The molecular weight excluding hydrogens is 282 g/mol. The van der Waals surface area contributed by atoms with Gasteiger partial charge in [-0.1, -0.05) is 29.3 Å². The molecule has 2 rings (SSSR count). The van der Waals surface area contributed by atoms with Crippen molar-refractivity contribution < 1.29 is 0 Å². The van der Waals surface area contributed by atoms with Crippen LogP contribution in [0, 0.1) is 18.8 Å². The lowest BCUT2D eigenvalue weighted by molar-refractivity contribution is 0.271. The highest BCUT2D eigenvalue weighted by atomic mass is 79.9. The van der Waals surface area contributed by atoms with Crippen molar-refractivity contribution in [3.05, 3.63) is 16.1 Å². The number of halogens is 1. The predicted octanol–water partition coefficient (Wildman–Crippen LogP) is 4.58. The molecule has 1 aromatic rings. The maximum atomic E-state index is 4.59. The Hall–Kier alpha value is 0.110. The van der Waals surface area contributed by atoms with E-state index in [0.29, 0.717) is 4.83 Å². The Morgan fingerprint density at radius 1 is 1.50 bits per heavy atom. The minimum Gasteiger partial charge on any atom is -0.247 e. The summed E-state index contributed by atoms with van der Waals surface area (Å²) in [6.45, 7) is 4.41. The van der Waals surface area contributed by atoms with Crippen LogP contribution in [-0.2, 0) is 6.42 Å². The number of nitrogens with zero attached hydrogens (tertiary/aromatic N) is 1. The summed E-state index contributed by atoms with van der Waals surface area (Å²) in [5, 5.41) is 3.49. The molecule has 1 heterocycles. The zero-order chi connectivity index (χ0) is 11.5. The van der Waals surface area contributed by atoms with Crippen LogP contribution in [-0.4, -0.2) is 9.81 Å². The van der Waals surface area contributed by atoms with Gasteiger partial charge in [0.05, 0.1) is 5.01 Å². The van der Waals surface area contributed by atoms with Gasteiger partial charge in [-0.3, -0.25) is 0 Å². The van der Waals surface area contributed by atoms with E-state index in [1.807, 2.05) is 11.3 Å². The third kappa shape index (κ3) is 3.07. The molecule has 3 atom stereocenters. The average molecular weight is 302 g/mol. The van der Waals surface area contributed by atoms with Gasteiger partial charge in [0, 0.05) is 22.3 Å². The number of thiazole rings is 1. The summed E-state index contributed by atoms with van der Waals surface area (Å²) >= 11 is 5.67. The van der Waals surface area contributed by atoms with Crippen molar-refractivity contribution in [3.63, 3.8) is 0 Å². The van der Waals surface area contributed by atoms with Gasteiger partial charge in [-0.25, -0.2) is 4.98 Å². The van der Waals surface area contributed by atoms with E-state index in [9.17, 15) is 0 Å². The maximum Gasteiger partial charge on any atom is 0.0931 e. The van der Waals surface area contributed by atoms with E-state index in [-0.39, 0.29) is 0 Å². The minimum absolute atomic E-state index is 0.708. The fourth-order valence-electron chi connectivity index (χ4n) is 2.63. The molecule has 0 spiro atoms. The quantitative estimate of drug-likeness (QED) is 0.745. The van der Waals surface area contributed by atoms with Crippen molar-refractivity contribution in [1.82, 2.24) is 4.98 Å². The molecule has 3 unspecified atom stereocenters. The number of rotatable bonds is 3. The molecule has 0 bridgehead atoms. The summed E-state index contributed by atoms with van der Waals surface area (Å²) in [4.78, 5) is 5.30. The zero-order valence-electron chi connectivity index (χ0n) is 10.1. The fourth-order valence-corrected chi connectivity index (χ4v) is 4.16. The van der Waals surface area contributed by atoms with E-state index >= 15 is 0 Å². The van der Waals surface area contributed by atoms with Gasteiger partial charge in [0.25, 0.3) is 0 Å². The van der Waals surface area contributed by atoms with Gasteiger partial charge < -0.3 is 0 Å². The largest absolute Gasteiger partial charge is 0.247 e. The van der Waals surface area contributed by atoms with E-state index in [0.717, 1.165) is 11.8 Å². The Labute approximate surface area is 111 Å². The molecule has 1 aromatic heterocycles. The summed E-state index contributed by atoms with van der Waals surface area (Å²) in [6, 6.07) is 0.